The van der Waals surface area contributed by atoms with Gasteiger partial charge in [-0.15, -0.1) is 0 Å². The predicted octanol–water partition coefficient (Wildman–Crippen LogP) is 3.21. The van der Waals surface area contributed by atoms with Crippen molar-refractivity contribution in [3.8, 4) is 0 Å². The first-order valence-corrected chi connectivity index (χ1v) is 12.2. The van der Waals surface area contributed by atoms with Crippen molar-refractivity contribution in [3.63, 3.8) is 0 Å². The van der Waals surface area contributed by atoms with Gasteiger partial charge in [-0.25, -0.2) is 0 Å². The second-order valence-corrected chi connectivity index (χ2v) is 10.4. The van der Waals surface area contributed by atoms with Gasteiger partial charge in [-0.2, -0.15) is 0 Å². The van der Waals surface area contributed by atoms with Crippen molar-refractivity contribution < 1.29 is 18.9 Å². The average molecular weight is 451 g/mol. The zero-order chi connectivity index (χ0) is 22.7. The van der Waals surface area contributed by atoms with Gasteiger partial charge in [0.1, 0.15) is 0 Å². The minimum atomic E-state index is -0.251. The highest BCUT2D eigenvalue weighted by Crippen LogP contribution is 2.49. The molecule has 0 spiro atoms. The van der Waals surface area contributed by atoms with E-state index in [2.05, 4.69) is 32.0 Å². The zero-order valence-corrected chi connectivity index (χ0v) is 19.6. The maximum Gasteiger partial charge on any atom is 0.0851 e. The molecule has 2 aromatic carbocycles. The van der Waals surface area contributed by atoms with E-state index in [9.17, 15) is 0 Å². The number of hydrogen-bond donors (Lipinski definition) is 2. The molecule has 6 rings (SSSR count). The summed E-state index contributed by atoms with van der Waals surface area (Å²) in [7, 11) is 0. The SMILES string of the molecule is Cc1cc(C(CC2CO2)(CC2CO2)c2cc(C)c(CC3CO3)c(N)c2CC2CO2)ccc1N. The van der Waals surface area contributed by atoms with Crippen molar-refractivity contribution >= 4 is 11.4 Å². The van der Waals surface area contributed by atoms with Crippen LogP contribution in [0.4, 0.5) is 11.4 Å². The van der Waals surface area contributed by atoms with E-state index in [0.29, 0.717) is 6.10 Å². The summed E-state index contributed by atoms with van der Waals surface area (Å²) in [4.78, 5) is 0. The first kappa shape index (κ1) is 21.4. The molecule has 4 aliphatic heterocycles. The van der Waals surface area contributed by atoms with Gasteiger partial charge in [-0.3, -0.25) is 0 Å². The fourth-order valence-electron chi connectivity index (χ4n) is 5.49. The number of nitrogens with two attached hydrogens (primary N) is 2. The molecule has 4 unspecified atom stereocenters. The fourth-order valence-corrected chi connectivity index (χ4v) is 5.49. The second-order valence-electron chi connectivity index (χ2n) is 10.4. The lowest BCUT2D eigenvalue weighted by molar-refractivity contribution is 0.298. The van der Waals surface area contributed by atoms with Gasteiger partial charge in [0.2, 0.25) is 0 Å². The largest absolute Gasteiger partial charge is 0.399 e. The molecule has 0 saturated carbocycles. The van der Waals surface area contributed by atoms with Crippen molar-refractivity contribution in [3.05, 3.63) is 57.6 Å². The van der Waals surface area contributed by atoms with Crippen molar-refractivity contribution in [2.24, 2.45) is 0 Å². The van der Waals surface area contributed by atoms with Crippen LogP contribution >= 0.6 is 0 Å². The van der Waals surface area contributed by atoms with E-state index < -0.39 is 0 Å². The zero-order valence-electron chi connectivity index (χ0n) is 19.6. The Bertz CT molecular complexity index is 1050. The first-order chi connectivity index (χ1) is 15.9. The summed E-state index contributed by atoms with van der Waals surface area (Å²) >= 11 is 0. The summed E-state index contributed by atoms with van der Waals surface area (Å²) in [5.41, 5.74) is 22.1. The maximum atomic E-state index is 6.97. The summed E-state index contributed by atoms with van der Waals surface area (Å²) in [6.45, 7) is 7.53. The Morgan fingerprint density at radius 1 is 0.758 bits per heavy atom. The van der Waals surface area contributed by atoms with Crippen LogP contribution in [0.1, 0.15) is 46.2 Å². The molecule has 6 heteroatoms. The van der Waals surface area contributed by atoms with Gasteiger partial charge in [-0.1, -0.05) is 18.2 Å². The van der Waals surface area contributed by atoms with Gasteiger partial charge in [0, 0.05) is 29.6 Å². The molecule has 0 amide bonds. The molecule has 33 heavy (non-hydrogen) atoms. The van der Waals surface area contributed by atoms with Crippen LogP contribution in [0.15, 0.2) is 24.3 Å². The third-order valence-corrected chi connectivity index (χ3v) is 7.78. The van der Waals surface area contributed by atoms with E-state index >= 15 is 0 Å². The molecule has 4 fully saturated rings. The summed E-state index contributed by atoms with van der Waals surface area (Å²) in [6.07, 6.45) is 4.61. The predicted molar refractivity (Wildman–Crippen MR) is 128 cm³/mol. The number of rotatable bonds is 10. The number of nitrogen functional groups attached to an aromatic ring is 2. The molecular formula is C27H34N2O4. The van der Waals surface area contributed by atoms with Gasteiger partial charge in [0.05, 0.1) is 50.8 Å². The number of benzene rings is 2. The van der Waals surface area contributed by atoms with E-state index in [4.69, 9.17) is 30.4 Å². The standard InChI is InChI=1S/C27H34N2O4/c1-15-6-24(23(8-19-12-31-19)26(29)22(15)7-18-11-30-18)27(9-20-13-32-20,10-21-14-33-21)17-3-4-25(28)16(2)5-17/h3-6,18-21H,7-14,28-29H2,1-2H3. The van der Waals surface area contributed by atoms with Crippen LogP contribution < -0.4 is 11.5 Å². The van der Waals surface area contributed by atoms with Gasteiger partial charge in [0.25, 0.3) is 0 Å². The topological polar surface area (TPSA) is 102 Å². The Hall–Kier alpha value is -2.12. The summed E-state index contributed by atoms with van der Waals surface area (Å²) in [5, 5.41) is 0. The normalized spacial score (nSPS) is 28.9. The van der Waals surface area contributed by atoms with Crippen LogP contribution in [0.5, 0.6) is 0 Å². The monoisotopic (exact) mass is 450 g/mol. The van der Waals surface area contributed by atoms with Gasteiger partial charge >= 0.3 is 0 Å². The van der Waals surface area contributed by atoms with Crippen LogP contribution in [-0.2, 0) is 37.2 Å². The van der Waals surface area contributed by atoms with Crippen molar-refractivity contribution in [1.82, 2.24) is 0 Å². The fraction of sp³-hybridized carbons (Fsp3) is 0.556. The smallest absolute Gasteiger partial charge is 0.0851 e. The summed E-state index contributed by atoms with van der Waals surface area (Å²) in [6, 6.07) is 8.89. The third-order valence-electron chi connectivity index (χ3n) is 7.78. The van der Waals surface area contributed by atoms with E-state index in [-0.39, 0.29) is 23.7 Å². The molecule has 4 heterocycles. The Kier molecular flexibility index (Phi) is 5.18. The summed E-state index contributed by atoms with van der Waals surface area (Å²) in [5.74, 6) is 0. The lowest BCUT2D eigenvalue weighted by Gasteiger charge is -2.38. The molecule has 0 aliphatic carbocycles. The summed E-state index contributed by atoms with van der Waals surface area (Å²) < 4.78 is 22.8. The molecular weight excluding hydrogens is 416 g/mol. The molecule has 4 atom stereocenters. The molecule has 176 valence electrons. The molecule has 4 aliphatic rings. The van der Waals surface area contributed by atoms with Gasteiger partial charge in [-0.05, 0) is 66.1 Å². The number of hydrogen-bond acceptors (Lipinski definition) is 6. The van der Waals surface area contributed by atoms with E-state index in [0.717, 1.165) is 69.0 Å². The third kappa shape index (κ3) is 4.37. The average Bonchev–Trinajstić information content (AvgIpc) is 3.61. The molecule has 0 radical (unpaired) electrons. The van der Waals surface area contributed by atoms with Crippen LogP contribution in [0.3, 0.4) is 0 Å². The van der Waals surface area contributed by atoms with E-state index in [1.165, 1.54) is 27.8 Å². The Morgan fingerprint density at radius 3 is 1.82 bits per heavy atom. The molecule has 2 aromatic rings. The van der Waals surface area contributed by atoms with Crippen LogP contribution in [0.2, 0.25) is 0 Å². The molecule has 6 nitrogen and oxygen atoms in total. The highest BCUT2D eigenvalue weighted by atomic mass is 16.6. The van der Waals surface area contributed by atoms with Crippen molar-refractivity contribution in [2.75, 3.05) is 37.9 Å². The van der Waals surface area contributed by atoms with Crippen LogP contribution in [0, 0.1) is 13.8 Å². The quantitative estimate of drug-likeness (QED) is 0.426. The minimum Gasteiger partial charge on any atom is -0.399 e. The molecule has 4 saturated heterocycles. The Morgan fingerprint density at radius 2 is 1.30 bits per heavy atom. The van der Waals surface area contributed by atoms with Gasteiger partial charge < -0.3 is 30.4 Å². The first-order valence-electron chi connectivity index (χ1n) is 12.2. The second kappa shape index (κ2) is 7.98. The van der Waals surface area contributed by atoms with Gasteiger partial charge in [0.15, 0.2) is 0 Å². The maximum absolute atomic E-state index is 6.97. The minimum absolute atomic E-state index is 0.249. The van der Waals surface area contributed by atoms with Crippen LogP contribution in [-0.4, -0.2) is 50.8 Å². The Balaban J connectivity index is 1.55. The highest BCUT2D eigenvalue weighted by Gasteiger charge is 2.47. The lowest BCUT2D eigenvalue weighted by Crippen LogP contribution is -2.34. The van der Waals surface area contributed by atoms with Crippen molar-refractivity contribution in [2.45, 2.75) is 69.4 Å². The number of anilines is 2. The highest BCUT2D eigenvalue weighted by molar-refractivity contribution is 5.65. The van der Waals surface area contributed by atoms with Crippen LogP contribution in [0.25, 0.3) is 0 Å². The number of ether oxygens (including phenoxy) is 4. The lowest BCUT2D eigenvalue weighted by atomic mass is 9.65. The van der Waals surface area contributed by atoms with E-state index in [1.807, 2.05) is 6.07 Å². The van der Waals surface area contributed by atoms with E-state index in [1.54, 1.807) is 0 Å². The number of epoxide rings is 4. The molecule has 0 bridgehead atoms. The Labute approximate surface area is 195 Å². The number of aryl methyl sites for hydroxylation is 2. The molecule has 0 aromatic heterocycles. The molecule has 4 N–H and O–H groups in total. The van der Waals surface area contributed by atoms with Crippen molar-refractivity contribution in [1.29, 1.82) is 0 Å².